The summed E-state index contributed by atoms with van der Waals surface area (Å²) in [5, 5.41) is 0. The van der Waals surface area contributed by atoms with Crippen LogP contribution in [0.5, 0.6) is 0 Å². The van der Waals surface area contributed by atoms with Crippen LogP contribution in [-0.2, 0) is 6.42 Å². The molecule has 5 heteroatoms. The molecule has 132 valence electrons. The third kappa shape index (κ3) is 3.08. The molecule has 0 bridgehead atoms. The predicted octanol–water partition coefficient (Wildman–Crippen LogP) is 3.77. The van der Waals surface area contributed by atoms with Gasteiger partial charge in [0.25, 0.3) is 0 Å². The lowest BCUT2D eigenvalue weighted by Gasteiger charge is -2.35. The zero-order valence-electron chi connectivity index (χ0n) is 15.2. The van der Waals surface area contributed by atoms with Crippen LogP contribution in [0.4, 0.5) is 5.95 Å². The van der Waals surface area contributed by atoms with E-state index in [0.717, 1.165) is 48.2 Å². The highest BCUT2D eigenvalue weighted by molar-refractivity contribution is 5.99. The van der Waals surface area contributed by atoms with E-state index in [1.807, 2.05) is 19.1 Å². The third-order valence-corrected chi connectivity index (χ3v) is 5.40. The number of fused-ring (bicyclic) bond motifs is 1. The fourth-order valence-electron chi connectivity index (χ4n) is 4.45. The Labute approximate surface area is 148 Å². The molecule has 0 amide bonds. The number of ketones is 1. The number of Topliss-reactive ketones (excluding diaryl/α,β-unsaturated/α-hetero) is 1. The normalized spacial score (nSPS) is 26.6. The average molecular weight is 339 g/mol. The summed E-state index contributed by atoms with van der Waals surface area (Å²) in [4.78, 5) is 24.5. The summed E-state index contributed by atoms with van der Waals surface area (Å²) < 4.78 is 5.54. The van der Waals surface area contributed by atoms with Crippen LogP contribution in [0.15, 0.2) is 22.8 Å². The van der Waals surface area contributed by atoms with Gasteiger partial charge in [0.15, 0.2) is 5.78 Å². The van der Waals surface area contributed by atoms with Crippen molar-refractivity contribution in [3.05, 3.63) is 41.1 Å². The van der Waals surface area contributed by atoms with Gasteiger partial charge in [-0.1, -0.05) is 13.8 Å². The quantitative estimate of drug-likeness (QED) is 0.833. The van der Waals surface area contributed by atoms with Crippen LogP contribution in [0.2, 0.25) is 0 Å². The first-order valence-electron chi connectivity index (χ1n) is 9.20. The monoisotopic (exact) mass is 339 g/mol. The fraction of sp³-hybridized carbons (Fsp3) is 0.550. The minimum atomic E-state index is 0.0800. The van der Waals surface area contributed by atoms with Crippen LogP contribution in [0, 0.1) is 18.8 Å². The van der Waals surface area contributed by atoms with E-state index in [-0.39, 0.29) is 11.7 Å². The van der Waals surface area contributed by atoms with Gasteiger partial charge in [0.1, 0.15) is 5.76 Å². The van der Waals surface area contributed by atoms with Gasteiger partial charge in [0.2, 0.25) is 5.95 Å². The molecule has 25 heavy (non-hydrogen) atoms. The molecule has 3 unspecified atom stereocenters. The first-order chi connectivity index (χ1) is 12.0. The number of aromatic nitrogens is 2. The largest absolute Gasteiger partial charge is 0.469 e. The number of furan rings is 1. The molecule has 0 spiro atoms. The van der Waals surface area contributed by atoms with Gasteiger partial charge in [-0.2, -0.15) is 0 Å². The van der Waals surface area contributed by atoms with Crippen molar-refractivity contribution in [3.8, 4) is 0 Å². The number of hydrogen-bond acceptors (Lipinski definition) is 5. The van der Waals surface area contributed by atoms with E-state index in [1.54, 1.807) is 6.26 Å². The summed E-state index contributed by atoms with van der Waals surface area (Å²) >= 11 is 0. The second kappa shape index (κ2) is 6.28. The highest BCUT2D eigenvalue weighted by Gasteiger charge is 2.32. The summed E-state index contributed by atoms with van der Waals surface area (Å²) in [6, 6.07) is 3.83. The fourth-order valence-corrected chi connectivity index (χ4v) is 4.45. The number of carbonyl (C=O) groups excluding carboxylic acids is 1. The third-order valence-electron chi connectivity index (χ3n) is 5.40. The molecule has 2 aromatic heterocycles. The summed E-state index contributed by atoms with van der Waals surface area (Å²) in [7, 11) is 0. The van der Waals surface area contributed by atoms with Gasteiger partial charge in [0, 0.05) is 31.8 Å². The van der Waals surface area contributed by atoms with Crippen molar-refractivity contribution in [2.75, 3.05) is 18.0 Å². The highest BCUT2D eigenvalue weighted by atomic mass is 16.3. The topological polar surface area (TPSA) is 59.2 Å². The SMILES string of the molecule is Cc1nc(N2CC(C)CC(C)C2)nc2c1C(=O)CC(c1ccco1)C2. The Hall–Kier alpha value is -2.17. The van der Waals surface area contributed by atoms with Crippen LogP contribution < -0.4 is 4.90 Å². The van der Waals surface area contributed by atoms with E-state index in [4.69, 9.17) is 9.40 Å². The molecule has 0 N–H and O–H groups in total. The number of nitrogens with zero attached hydrogens (tertiary/aromatic N) is 3. The zero-order valence-corrected chi connectivity index (χ0v) is 15.2. The molecule has 1 aliphatic heterocycles. The van der Waals surface area contributed by atoms with Gasteiger partial charge in [-0.3, -0.25) is 4.79 Å². The number of hydrogen-bond donors (Lipinski definition) is 0. The smallest absolute Gasteiger partial charge is 0.225 e. The Morgan fingerprint density at radius 2 is 1.92 bits per heavy atom. The van der Waals surface area contributed by atoms with Crippen molar-refractivity contribution in [1.29, 1.82) is 0 Å². The maximum absolute atomic E-state index is 12.7. The minimum Gasteiger partial charge on any atom is -0.469 e. The van der Waals surface area contributed by atoms with Crippen molar-refractivity contribution >= 4 is 11.7 Å². The Bertz CT molecular complexity index is 774. The Balaban J connectivity index is 1.68. The molecule has 0 saturated carbocycles. The first-order valence-corrected chi connectivity index (χ1v) is 9.20. The molecule has 5 nitrogen and oxygen atoms in total. The Kier molecular flexibility index (Phi) is 4.10. The first kappa shape index (κ1) is 16.3. The van der Waals surface area contributed by atoms with E-state index in [0.29, 0.717) is 18.3 Å². The van der Waals surface area contributed by atoms with Gasteiger partial charge in [-0.25, -0.2) is 9.97 Å². The van der Waals surface area contributed by atoms with Gasteiger partial charge in [0.05, 0.1) is 23.2 Å². The lowest BCUT2D eigenvalue weighted by molar-refractivity contribution is 0.0957. The van der Waals surface area contributed by atoms with Crippen molar-refractivity contribution in [2.24, 2.45) is 11.8 Å². The molecule has 3 atom stereocenters. The Morgan fingerprint density at radius 1 is 1.16 bits per heavy atom. The molecular formula is C20H25N3O2. The Morgan fingerprint density at radius 3 is 2.60 bits per heavy atom. The zero-order chi connectivity index (χ0) is 17.6. The van der Waals surface area contributed by atoms with E-state index >= 15 is 0 Å². The van der Waals surface area contributed by atoms with Gasteiger partial charge >= 0.3 is 0 Å². The standard InChI is InChI=1S/C20H25N3O2/c1-12-7-13(2)11-23(10-12)20-21-14(3)19-16(22-20)8-15(9-17(19)24)18-5-4-6-25-18/h4-6,12-13,15H,7-11H2,1-3H3. The number of anilines is 1. The molecule has 3 heterocycles. The van der Waals surface area contributed by atoms with Crippen molar-refractivity contribution < 1.29 is 9.21 Å². The predicted molar refractivity (Wildman–Crippen MR) is 96.0 cm³/mol. The number of piperidine rings is 1. The van der Waals surface area contributed by atoms with Gasteiger partial charge in [-0.05, 0) is 37.3 Å². The number of rotatable bonds is 2. The van der Waals surface area contributed by atoms with Crippen LogP contribution in [0.1, 0.15) is 60.1 Å². The van der Waals surface area contributed by atoms with Crippen molar-refractivity contribution in [2.45, 2.75) is 46.0 Å². The molecule has 4 rings (SSSR count). The molecular weight excluding hydrogens is 314 g/mol. The van der Waals surface area contributed by atoms with Gasteiger partial charge in [-0.15, -0.1) is 0 Å². The van der Waals surface area contributed by atoms with E-state index in [2.05, 4.69) is 23.7 Å². The summed E-state index contributed by atoms with van der Waals surface area (Å²) in [5.74, 6) is 3.14. The van der Waals surface area contributed by atoms with E-state index in [1.165, 1.54) is 6.42 Å². The summed E-state index contributed by atoms with van der Waals surface area (Å²) in [6.07, 6.45) is 4.13. The molecule has 1 aliphatic carbocycles. The van der Waals surface area contributed by atoms with Crippen LogP contribution in [0.3, 0.4) is 0 Å². The maximum Gasteiger partial charge on any atom is 0.225 e. The molecule has 0 aromatic carbocycles. The number of carbonyl (C=O) groups is 1. The lowest BCUT2D eigenvalue weighted by atomic mass is 9.84. The van der Waals surface area contributed by atoms with Gasteiger partial charge < -0.3 is 9.32 Å². The molecule has 2 aliphatic rings. The van der Waals surface area contributed by atoms with E-state index < -0.39 is 0 Å². The molecule has 0 radical (unpaired) electrons. The molecule has 2 aromatic rings. The second-order valence-electron chi connectivity index (χ2n) is 7.83. The van der Waals surface area contributed by atoms with Crippen LogP contribution in [-0.4, -0.2) is 28.8 Å². The van der Waals surface area contributed by atoms with Crippen molar-refractivity contribution in [1.82, 2.24) is 9.97 Å². The van der Waals surface area contributed by atoms with Crippen LogP contribution in [0.25, 0.3) is 0 Å². The van der Waals surface area contributed by atoms with E-state index in [9.17, 15) is 4.79 Å². The number of aryl methyl sites for hydroxylation is 1. The summed E-state index contributed by atoms with van der Waals surface area (Å²) in [5.41, 5.74) is 2.42. The van der Waals surface area contributed by atoms with Crippen molar-refractivity contribution in [3.63, 3.8) is 0 Å². The van der Waals surface area contributed by atoms with Crippen LogP contribution >= 0.6 is 0 Å². The molecule has 1 saturated heterocycles. The summed E-state index contributed by atoms with van der Waals surface area (Å²) in [6.45, 7) is 8.47. The second-order valence-corrected chi connectivity index (χ2v) is 7.83. The highest BCUT2D eigenvalue weighted by Crippen LogP contribution is 2.34. The average Bonchev–Trinajstić information content (AvgIpc) is 3.07. The maximum atomic E-state index is 12.7. The minimum absolute atomic E-state index is 0.0800. The molecule has 1 fully saturated rings. The lowest BCUT2D eigenvalue weighted by Crippen LogP contribution is -2.40.